The molecular weight excluding hydrogens is 675 g/mol. The van der Waals surface area contributed by atoms with Gasteiger partial charge in [0, 0.05) is 42.2 Å². The summed E-state index contributed by atoms with van der Waals surface area (Å²) < 4.78 is 6.29. The van der Waals surface area contributed by atoms with Crippen molar-refractivity contribution >= 4 is 34.3 Å². The molecule has 2 aliphatic rings. The van der Waals surface area contributed by atoms with Crippen LogP contribution in [0.15, 0.2) is 52.9 Å². The van der Waals surface area contributed by atoms with Gasteiger partial charge in [-0.3, -0.25) is 14.5 Å². The minimum Gasteiger partial charge on any atom is -0.481 e. The molecule has 3 aromatic carbocycles. The Labute approximate surface area is 307 Å². The van der Waals surface area contributed by atoms with Crippen LogP contribution in [0.4, 0.5) is 0 Å². The fourth-order valence-corrected chi connectivity index (χ4v) is 8.48. The Bertz CT molecular complexity index is 2200. The summed E-state index contributed by atoms with van der Waals surface area (Å²) in [6.45, 7) is 13.7. The maximum absolute atomic E-state index is 12.8. The number of nitrogens with one attached hydrogen (secondary N) is 2. The van der Waals surface area contributed by atoms with Crippen molar-refractivity contribution in [3.8, 4) is 39.2 Å². The number of likely N-dealkylation sites (N-methyl/N-ethyl adjacent to an activating group) is 1. The van der Waals surface area contributed by atoms with Gasteiger partial charge >= 0.3 is 5.97 Å². The number of aliphatic carboxylic acids is 1. The molecule has 0 saturated carbocycles. The molecular formula is C40H43N7O4S. The minimum absolute atomic E-state index is 0.0900. The Kier molecular flexibility index (Phi) is 9.96. The highest BCUT2D eigenvalue weighted by atomic mass is 32.1. The number of fused-ring (bicyclic) bond motifs is 2. The average Bonchev–Trinajstić information content (AvgIpc) is 3.91. The van der Waals surface area contributed by atoms with E-state index in [2.05, 4.69) is 66.6 Å². The van der Waals surface area contributed by atoms with Gasteiger partial charge in [0.05, 0.1) is 36.3 Å². The number of oxazole rings is 1. The molecule has 2 aromatic heterocycles. The van der Waals surface area contributed by atoms with Gasteiger partial charge in [0.1, 0.15) is 16.6 Å². The van der Waals surface area contributed by atoms with Gasteiger partial charge in [-0.25, -0.2) is 9.97 Å². The molecule has 2 aliphatic heterocycles. The van der Waals surface area contributed by atoms with Crippen LogP contribution in [-0.2, 0) is 29.2 Å². The second kappa shape index (κ2) is 14.6. The van der Waals surface area contributed by atoms with Crippen molar-refractivity contribution in [3.63, 3.8) is 0 Å². The zero-order valence-corrected chi connectivity index (χ0v) is 30.8. The molecule has 0 bridgehead atoms. The average molecular weight is 718 g/mol. The van der Waals surface area contributed by atoms with E-state index in [1.165, 1.54) is 0 Å². The van der Waals surface area contributed by atoms with Crippen LogP contribution in [-0.4, -0.2) is 76.0 Å². The predicted octanol–water partition coefficient (Wildman–Crippen LogP) is 6.11. The normalized spacial score (nSPS) is 17.2. The largest absolute Gasteiger partial charge is 0.481 e. The lowest BCUT2D eigenvalue weighted by molar-refractivity contribution is -0.147. The van der Waals surface area contributed by atoms with E-state index in [1.807, 2.05) is 29.2 Å². The Morgan fingerprint density at radius 3 is 2.42 bits per heavy atom. The van der Waals surface area contributed by atoms with E-state index < -0.39 is 11.4 Å². The van der Waals surface area contributed by atoms with Gasteiger partial charge in [-0.05, 0) is 86.3 Å². The summed E-state index contributed by atoms with van der Waals surface area (Å²) in [5.74, 6) is -0.247. The van der Waals surface area contributed by atoms with Crippen molar-refractivity contribution in [2.24, 2.45) is 5.41 Å². The Balaban J connectivity index is 1.11. The zero-order valence-electron chi connectivity index (χ0n) is 30.0. The van der Waals surface area contributed by atoms with Crippen LogP contribution in [0.25, 0.3) is 44.3 Å². The first-order valence-corrected chi connectivity index (χ1v) is 18.6. The SMILES string of the molecule is CCNCCNCC(=O)N1Cc2nc(-c3cccc(-c4cccc(-c5nc6cc(CN7CC[C@@](C)(C(=O)O)C7)cc(C#N)c6o5)c4C)c3C)sc2C1. The fraction of sp³-hybridized carbons (Fsp3) is 0.375. The molecule has 4 heterocycles. The topological polar surface area (TPSA) is 148 Å². The zero-order chi connectivity index (χ0) is 36.6. The van der Waals surface area contributed by atoms with Crippen molar-refractivity contribution in [2.75, 3.05) is 39.3 Å². The molecule has 11 nitrogen and oxygen atoms in total. The van der Waals surface area contributed by atoms with Gasteiger partial charge in [-0.1, -0.05) is 37.3 Å². The Hall–Kier alpha value is -4.93. The summed E-state index contributed by atoms with van der Waals surface area (Å²) in [5, 5.41) is 27.1. The molecule has 0 aliphatic carbocycles. The van der Waals surface area contributed by atoms with Crippen molar-refractivity contribution < 1.29 is 19.1 Å². The maximum Gasteiger partial charge on any atom is 0.310 e. The number of hydrogen-bond donors (Lipinski definition) is 3. The van der Waals surface area contributed by atoms with Crippen molar-refractivity contribution in [1.29, 1.82) is 5.26 Å². The summed E-state index contributed by atoms with van der Waals surface area (Å²) in [6.07, 6.45) is 0.588. The summed E-state index contributed by atoms with van der Waals surface area (Å²) in [7, 11) is 0. The molecule has 0 radical (unpaired) electrons. The van der Waals surface area contributed by atoms with Crippen LogP contribution < -0.4 is 10.6 Å². The van der Waals surface area contributed by atoms with Gasteiger partial charge in [0.2, 0.25) is 11.8 Å². The number of thiazole rings is 1. The van der Waals surface area contributed by atoms with E-state index in [0.29, 0.717) is 68.2 Å². The molecule has 268 valence electrons. The highest BCUT2D eigenvalue weighted by Gasteiger charge is 2.40. The minimum atomic E-state index is -0.781. The molecule has 1 fully saturated rings. The lowest BCUT2D eigenvalue weighted by Crippen LogP contribution is -2.37. The number of rotatable bonds is 12. The molecule has 0 unspecified atom stereocenters. The van der Waals surface area contributed by atoms with Crippen LogP contribution in [0, 0.1) is 30.6 Å². The standard InChI is InChI=1S/C40H43N7O4S/c1-5-42-13-14-43-19-35(48)47-21-33-34(22-47)52-38(45-33)31-11-7-9-29(25(31)3)28-8-6-10-30(24(28)2)37-44-32-17-26(16-27(18-41)36(32)51-37)20-46-15-12-40(4,23-46)39(49)50/h6-11,16-17,42-43H,5,12-15,19-23H2,1-4H3,(H,49,50)/t40-/m1/s1. The van der Waals surface area contributed by atoms with Crippen LogP contribution in [0.3, 0.4) is 0 Å². The third-order valence-electron chi connectivity index (χ3n) is 10.4. The monoisotopic (exact) mass is 717 g/mol. The number of carboxylic acids is 1. The molecule has 1 saturated heterocycles. The van der Waals surface area contributed by atoms with Gasteiger partial charge in [-0.2, -0.15) is 5.26 Å². The molecule has 0 spiro atoms. The van der Waals surface area contributed by atoms with Crippen LogP contribution in [0.2, 0.25) is 0 Å². The fourth-order valence-electron chi connectivity index (χ4n) is 7.32. The number of benzene rings is 3. The van der Waals surface area contributed by atoms with E-state index in [0.717, 1.165) is 74.2 Å². The molecule has 52 heavy (non-hydrogen) atoms. The number of carbonyl (C=O) groups excluding carboxylic acids is 1. The quantitative estimate of drug-likeness (QED) is 0.129. The number of amides is 1. The van der Waals surface area contributed by atoms with Gasteiger partial charge in [0.15, 0.2) is 5.58 Å². The first kappa shape index (κ1) is 35.5. The molecule has 3 N–H and O–H groups in total. The second-order valence-electron chi connectivity index (χ2n) is 14.1. The lowest BCUT2D eigenvalue weighted by Gasteiger charge is -2.20. The number of hydrogen-bond acceptors (Lipinski definition) is 10. The number of aromatic nitrogens is 2. The highest BCUT2D eigenvalue weighted by molar-refractivity contribution is 7.15. The number of likely N-dealkylation sites (tertiary alicyclic amines) is 1. The maximum atomic E-state index is 12.8. The number of carboxylic acid groups (broad SMARTS) is 1. The van der Waals surface area contributed by atoms with Crippen molar-refractivity contribution in [1.82, 2.24) is 30.4 Å². The molecule has 7 rings (SSSR count). The van der Waals surface area contributed by atoms with Gasteiger partial charge in [-0.15, -0.1) is 11.3 Å². The summed E-state index contributed by atoms with van der Waals surface area (Å²) >= 11 is 1.66. The number of carbonyl (C=O) groups is 2. The lowest BCUT2D eigenvalue weighted by atomic mass is 9.90. The van der Waals surface area contributed by atoms with Gasteiger partial charge in [0.25, 0.3) is 0 Å². The summed E-state index contributed by atoms with van der Waals surface area (Å²) in [6, 6.07) is 18.4. The van der Waals surface area contributed by atoms with E-state index in [4.69, 9.17) is 14.4 Å². The van der Waals surface area contributed by atoms with E-state index in [9.17, 15) is 20.0 Å². The molecule has 5 aromatic rings. The second-order valence-corrected chi connectivity index (χ2v) is 15.2. The van der Waals surface area contributed by atoms with Gasteiger partial charge < -0.3 is 25.1 Å². The van der Waals surface area contributed by atoms with E-state index in [-0.39, 0.29) is 5.91 Å². The first-order valence-electron chi connectivity index (χ1n) is 17.8. The first-order chi connectivity index (χ1) is 25.1. The van der Waals surface area contributed by atoms with Crippen molar-refractivity contribution in [2.45, 2.75) is 53.8 Å². The summed E-state index contributed by atoms with van der Waals surface area (Å²) in [4.78, 5) is 39.6. The third kappa shape index (κ3) is 6.85. The van der Waals surface area contributed by atoms with Crippen LogP contribution in [0.5, 0.6) is 0 Å². The van der Waals surface area contributed by atoms with Crippen LogP contribution in [0.1, 0.15) is 53.1 Å². The molecule has 12 heteroatoms. The molecule has 1 amide bonds. The highest BCUT2D eigenvalue weighted by Crippen LogP contribution is 2.40. The molecule has 1 atom stereocenters. The number of nitrogens with zero attached hydrogens (tertiary/aromatic N) is 5. The smallest absolute Gasteiger partial charge is 0.310 e. The van der Waals surface area contributed by atoms with Crippen LogP contribution >= 0.6 is 11.3 Å². The Morgan fingerprint density at radius 1 is 1.02 bits per heavy atom. The summed E-state index contributed by atoms with van der Waals surface area (Å²) in [5.41, 5.74) is 8.73. The van der Waals surface area contributed by atoms with E-state index in [1.54, 1.807) is 18.3 Å². The third-order valence-corrected chi connectivity index (χ3v) is 11.5. The number of nitriles is 1. The Morgan fingerprint density at radius 2 is 1.73 bits per heavy atom. The van der Waals surface area contributed by atoms with E-state index >= 15 is 0 Å². The van der Waals surface area contributed by atoms with Crippen molar-refractivity contribution in [3.05, 3.63) is 81.4 Å². The predicted molar refractivity (Wildman–Crippen MR) is 201 cm³/mol.